The molecule has 0 unspecified atom stereocenters. The number of anilines is 1. The second kappa shape index (κ2) is 8.45. The second-order valence-corrected chi connectivity index (χ2v) is 7.68. The minimum atomic E-state index is -0.784. The smallest absolute Gasteiger partial charge is 0.269 e. The summed E-state index contributed by atoms with van der Waals surface area (Å²) >= 11 is 12.5. The number of aryl methyl sites for hydroxylation is 1. The van der Waals surface area contributed by atoms with Crippen LogP contribution in [-0.4, -0.2) is 27.5 Å². The molecule has 30 heavy (non-hydrogen) atoms. The number of nitrogens with one attached hydrogen (secondary N) is 1. The third-order valence-corrected chi connectivity index (χ3v) is 5.45. The van der Waals surface area contributed by atoms with Crippen molar-refractivity contribution in [3.8, 4) is 0 Å². The van der Waals surface area contributed by atoms with Gasteiger partial charge in [0.25, 0.3) is 5.91 Å². The van der Waals surface area contributed by atoms with Crippen LogP contribution in [0.15, 0.2) is 53.7 Å². The first-order chi connectivity index (χ1) is 14.4. The molecule has 0 saturated carbocycles. The van der Waals surface area contributed by atoms with Crippen LogP contribution in [0.3, 0.4) is 0 Å². The molecule has 0 saturated heterocycles. The summed E-state index contributed by atoms with van der Waals surface area (Å²) in [6.07, 6.45) is -0.500. The van der Waals surface area contributed by atoms with E-state index in [0.29, 0.717) is 33.7 Å². The molecule has 9 heteroatoms. The van der Waals surface area contributed by atoms with Gasteiger partial charge in [-0.1, -0.05) is 46.6 Å². The summed E-state index contributed by atoms with van der Waals surface area (Å²) < 4.78 is 14.8. The van der Waals surface area contributed by atoms with Crippen LogP contribution < -0.4 is 5.32 Å². The fourth-order valence-electron chi connectivity index (χ4n) is 3.10. The van der Waals surface area contributed by atoms with Gasteiger partial charge in [0.15, 0.2) is 5.82 Å². The fourth-order valence-corrected chi connectivity index (χ4v) is 3.62. The molecule has 2 heterocycles. The van der Waals surface area contributed by atoms with Crippen molar-refractivity contribution in [2.45, 2.75) is 26.0 Å². The van der Waals surface area contributed by atoms with Gasteiger partial charge in [0, 0.05) is 33.8 Å². The monoisotopic (exact) mass is 446 g/mol. The molecular weight excluding hydrogens is 430 g/mol. The van der Waals surface area contributed by atoms with E-state index in [9.17, 15) is 9.18 Å². The number of oxime groups is 1. The quantitative estimate of drug-likeness (QED) is 0.610. The lowest BCUT2D eigenvalue weighted by Crippen LogP contribution is -2.28. The third-order valence-electron chi connectivity index (χ3n) is 4.74. The Morgan fingerprint density at radius 2 is 1.93 bits per heavy atom. The first kappa shape index (κ1) is 20.4. The van der Waals surface area contributed by atoms with Gasteiger partial charge in [-0.15, -0.1) is 0 Å². The normalized spacial score (nSPS) is 15.6. The lowest BCUT2D eigenvalue weighted by atomic mass is 10.0. The number of hydrogen-bond acceptors (Lipinski definition) is 4. The molecule has 3 aromatic rings. The predicted molar refractivity (Wildman–Crippen MR) is 114 cm³/mol. The number of hydrogen-bond donors (Lipinski definition) is 1. The molecule has 0 aliphatic carbocycles. The van der Waals surface area contributed by atoms with Crippen molar-refractivity contribution in [2.24, 2.45) is 5.16 Å². The molecule has 0 bridgehead atoms. The molecule has 1 N–H and O–H groups in total. The Bertz CT molecular complexity index is 1110. The Morgan fingerprint density at radius 1 is 1.23 bits per heavy atom. The maximum absolute atomic E-state index is 13.1. The maximum atomic E-state index is 13.1. The molecule has 1 atom stereocenters. The predicted octanol–water partition coefficient (Wildman–Crippen LogP) is 4.82. The highest BCUT2D eigenvalue weighted by Gasteiger charge is 2.29. The number of benzene rings is 2. The fraction of sp³-hybridized carbons (Fsp3) is 0.190. The summed E-state index contributed by atoms with van der Waals surface area (Å²) in [6, 6.07) is 12.9. The Labute approximate surface area is 182 Å². The van der Waals surface area contributed by atoms with Crippen molar-refractivity contribution in [3.63, 3.8) is 0 Å². The van der Waals surface area contributed by atoms with Crippen LogP contribution in [0, 0.1) is 12.7 Å². The third kappa shape index (κ3) is 4.32. The maximum Gasteiger partial charge on any atom is 0.269 e. The number of aromatic nitrogens is 2. The first-order valence-corrected chi connectivity index (χ1v) is 9.93. The topological polar surface area (TPSA) is 68.5 Å². The summed E-state index contributed by atoms with van der Waals surface area (Å²) in [5, 5.41) is 12.2. The number of amides is 1. The highest BCUT2D eigenvalue weighted by molar-refractivity contribution is 6.36. The minimum Gasteiger partial charge on any atom is -0.382 e. The van der Waals surface area contributed by atoms with E-state index in [-0.39, 0.29) is 18.1 Å². The molecule has 1 aliphatic heterocycles. The average molecular weight is 447 g/mol. The van der Waals surface area contributed by atoms with Crippen molar-refractivity contribution < 1.29 is 14.0 Å². The van der Waals surface area contributed by atoms with E-state index >= 15 is 0 Å². The number of rotatable bonds is 5. The molecule has 154 valence electrons. The average Bonchev–Trinajstić information content (AvgIpc) is 3.33. The Kier molecular flexibility index (Phi) is 5.74. The van der Waals surface area contributed by atoms with Crippen LogP contribution in [0.25, 0.3) is 0 Å². The Morgan fingerprint density at radius 3 is 2.63 bits per heavy atom. The molecule has 2 aromatic carbocycles. The van der Waals surface area contributed by atoms with E-state index in [1.807, 2.05) is 6.92 Å². The number of carbonyl (C=O) groups excluding carboxylic acids is 1. The molecule has 6 nitrogen and oxygen atoms in total. The molecular formula is C21H17Cl2FN4O2. The number of carbonyl (C=O) groups is 1. The van der Waals surface area contributed by atoms with Gasteiger partial charge >= 0.3 is 0 Å². The summed E-state index contributed by atoms with van der Waals surface area (Å²) in [5.41, 5.74) is 2.88. The van der Waals surface area contributed by atoms with Crippen molar-refractivity contribution in [2.75, 3.05) is 5.32 Å². The lowest BCUT2D eigenvalue weighted by Gasteiger charge is -2.09. The standard InChI is InChI=1S/C21H17Cl2FN4O2/c1-12-9-20(26-28(12)11-15-16(22)3-2-4-17(15)23)25-21(29)19-10-18(27-30-19)13-5-7-14(24)8-6-13/h2-9,19H,10-11H2,1H3,(H,25,26,29)/t19-/m1/s1. The van der Waals surface area contributed by atoms with Gasteiger partial charge < -0.3 is 10.2 Å². The Balaban J connectivity index is 1.41. The molecule has 1 aliphatic rings. The zero-order valence-corrected chi connectivity index (χ0v) is 17.4. The molecule has 4 rings (SSSR count). The van der Waals surface area contributed by atoms with E-state index in [4.69, 9.17) is 28.0 Å². The second-order valence-electron chi connectivity index (χ2n) is 6.86. The van der Waals surface area contributed by atoms with Crippen molar-refractivity contribution in [3.05, 3.63) is 81.2 Å². The van der Waals surface area contributed by atoms with Crippen LogP contribution in [0.1, 0.15) is 23.2 Å². The van der Waals surface area contributed by atoms with Crippen LogP contribution in [-0.2, 0) is 16.2 Å². The van der Waals surface area contributed by atoms with Gasteiger partial charge in [-0.3, -0.25) is 9.48 Å². The molecule has 0 radical (unpaired) electrons. The zero-order valence-electron chi connectivity index (χ0n) is 15.9. The molecule has 1 aromatic heterocycles. The molecule has 0 spiro atoms. The molecule has 0 fully saturated rings. The van der Waals surface area contributed by atoms with Crippen LogP contribution >= 0.6 is 23.2 Å². The number of nitrogens with zero attached hydrogens (tertiary/aromatic N) is 3. The minimum absolute atomic E-state index is 0.284. The number of halogens is 3. The van der Waals surface area contributed by atoms with Gasteiger partial charge in [0.05, 0.1) is 12.3 Å². The molecule has 1 amide bonds. The lowest BCUT2D eigenvalue weighted by molar-refractivity contribution is -0.125. The largest absolute Gasteiger partial charge is 0.382 e. The van der Waals surface area contributed by atoms with Gasteiger partial charge in [0.2, 0.25) is 6.10 Å². The van der Waals surface area contributed by atoms with Gasteiger partial charge in [-0.05, 0) is 36.8 Å². The highest BCUT2D eigenvalue weighted by Crippen LogP contribution is 2.26. The van der Waals surface area contributed by atoms with E-state index in [0.717, 1.165) is 11.3 Å². The summed E-state index contributed by atoms with van der Waals surface area (Å²) in [6.45, 7) is 2.24. The summed E-state index contributed by atoms with van der Waals surface area (Å²) in [4.78, 5) is 17.8. The van der Waals surface area contributed by atoms with E-state index in [1.54, 1.807) is 41.1 Å². The summed E-state index contributed by atoms with van der Waals surface area (Å²) in [5.74, 6) is -0.313. The highest BCUT2D eigenvalue weighted by atomic mass is 35.5. The SMILES string of the molecule is Cc1cc(NC(=O)[C@H]2CC(c3ccc(F)cc3)=NO2)nn1Cc1c(Cl)cccc1Cl. The van der Waals surface area contributed by atoms with Crippen molar-refractivity contribution in [1.82, 2.24) is 9.78 Å². The van der Waals surface area contributed by atoms with Crippen LogP contribution in [0.4, 0.5) is 10.2 Å². The van der Waals surface area contributed by atoms with Gasteiger partial charge in [-0.25, -0.2) is 4.39 Å². The van der Waals surface area contributed by atoms with E-state index < -0.39 is 6.10 Å². The van der Waals surface area contributed by atoms with Crippen molar-refractivity contribution >= 4 is 40.6 Å². The van der Waals surface area contributed by atoms with Crippen molar-refractivity contribution in [1.29, 1.82) is 0 Å². The van der Waals surface area contributed by atoms with Gasteiger partial charge in [-0.2, -0.15) is 5.10 Å². The van der Waals surface area contributed by atoms with Gasteiger partial charge in [0.1, 0.15) is 5.82 Å². The van der Waals surface area contributed by atoms with Crippen LogP contribution in [0.5, 0.6) is 0 Å². The summed E-state index contributed by atoms with van der Waals surface area (Å²) in [7, 11) is 0. The van der Waals surface area contributed by atoms with E-state index in [1.165, 1.54) is 12.1 Å². The Hall–Kier alpha value is -2.90. The van der Waals surface area contributed by atoms with Crippen LogP contribution in [0.2, 0.25) is 10.0 Å². The first-order valence-electron chi connectivity index (χ1n) is 9.17. The van der Waals surface area contributed by atoms with E-state index in [2.05, 4.69) is 15.6 Å². The zero-order chi connectivity index (χ0) is 21.3.